The van der Waals surface area contributed by atoms with Gasteiger partial charge in [-0.1, -0.05) is 0 Å². The normalized spacial score (nSPS) is 22.2. The van der Waals surface area contributed by atoms with E-state index in [1.54, 1.807) is 11.3 Å². The third-order valence-corrected chi connectivity index (χ3v) is 5.30. The number of piperazine rings is 1. The molecule has 1 atom stereocenters. The maximum Gasteiger partial charge on any atom is 0.227 e. The molecule has 1 aromatic heterocycles. The highest BCUT2D eigenvalue weighted by atomic mass is 35.5. The summed E-state index contributed by atoms with van der Waals surface area (Å²) in [6.45, 7) is 6.05. The summed E-state index contributed by atoms with van der Waals surface area (Å²) in [5.41, 5.74) is 1.28. The van der Waals surface area contributed by atoms with E-state index in [-0.39, 0.29) is 24.2 Å². The standard InChI is InChI=1S/C15H23N3OS.ClH/c19-15(17-7-10-18-8-5-16-6-9-18)13-2-1-3-14-12(13)4-11-20-14;/h4,11,13,16H,1-3,5-10H2,(H,17,19);1H. The first kappa shape index (κ1) is 16.7. The number of nitrogens with one attached hydrogen (secondary N) is 2. The van der Waals surface area contributed by atoms with Gasteiger partial charge in [-0.05, 0) is 36.3 Å². The highest BCUT2D eigenvalue weighted by Gasteiger charge is 2.27. The maximum absolute atomic E-state index is 12.4. The zero-order chi connectivity index (χ0) is 13.8. The van der Waals surface area contributed by atoms with Crippen molar-refractivity contribution in [2.24, 2.45) is 0 Å². The van der Waals surface area contributed by atoms with E-state index >= 15 is 0 Å². The lowest BCUT2D eigenvalue weighted by molar-refractivity contribution is -0.122. The quantitative estimate of drug-likeness (QED) is 0.882. The minimum absolute atomic E-state index is 0. The summed E-state index contributed by atoms with van der Waals surface area (Å²) in [4.78, 5) is 16.2. The molecule has 0 bridgehead atoms. The molecule has 0 radical (unpaired) electrons. The maximum atomic E-state index is 12.4. The predicted octanol–water partition coefficient (Wildman–Crippen LogP) is 1.61. The van der Waals surface area contributed by atoms with Crippen LogP contribution in [0.25, 0.3) is 0 Å². The SMILES string of the molecule is Cl.O=C(NCCN1CCNCC1)C1CCCc2sccc21. The Kier molecular flexibility index (Phi) is 6.48. The first-order valence-corrected chi connectivity index (χ1v) is 8.49. The van der Waals surface area contributed by atoms with E-state index in [0.717, 1.165) is 58.5 Å². The second kappa shape index (κ2) is 8.13. The topological polar surface area (TPSA) is 44.4 Å². The molecule has 3 rings (SSSR count). The van der Waals surface area contributed by atoms with Crippen LogP contribution in [0.4, 0.5) is 0 Å². The van der Waals surface area contributed by atoms with Crippen LogP contribution < -0.4 is 10.6 Å². The van der Waals surface area contributed by atoms with E-state index in [0.29, 0.717) is 0 Å². The van der Waals surface area contributed by atoms with Crippen LogP contribution in [-0.4, -0.2) is 50.1 Å². The number of carbonyl (C=O) groups excluding carboxylic acids is 1. The molecule has 2 aliphatic rings. The van der Waals surface area contributed by atoms with Gasteiger partial charge in [0.05, 0.1) is 5.92 Å². The van der Waals surface area contributed by atoms with Gasteiger partial charge in [-0.3, -0.25) is 9.69 Å². The van der Waals surface area contributed by atoms with Gasteiger partial charge in [-0.15, -0.1) is 23.7 Å². The molecule has 1 unspecified atom stereocenters. The van der Waals surface area contributed by atoms with Gasteiger partial charge in [0, 0.05) is 44.1 Å². The molecule has 1 amide bonds. The molecule has 6 heteroatoms. The third kappa shape index (κ3) is 4.19. The van der Waals surface area contributed by atoms with E-state index < -0.39 is 0 Å². The Bertz CT molecular complexity index is 460. The summed E-state index contributed by atoms with van der Waals surface area (Å²) in [6, 6.07) is 2.14. The predicted molar refractivity (Wildman–Crippen MR) is 89.6 cm³/mol. The lowest BCUT2D eigenvalue weighted by atomic mass is 9.87. The zero-order valence-electron chi connectivity index (χ0n) is 12.3. The number of nitrogens with zero attached hydrogens (tertiary/aromatic N) is 1. The summed E-state index contributed by atoms with van der Waals surface area (Å²) in [7, 11) is 0. The van der Waals surface area contributed by atoms with Crippen molar-refractivity contribution in [3.63, 3.8) is 0 Å². The van der Waals surface area contributed by atoms with Crippen molar-refractivity contribution < 1.29 is 4.79 Å². The van der Waals surface area contributed by atoms with Crippen LogP contribution in [0.3, 0.4) is 0 Å². The number of thiophene rings is 1. The first-order valence-electron chi connectivity index (χ1n) is 7.61. The molecular weight excluding hydrogens is 306 g/mol. The van der Waals surface area contributed by atoms with E-state index in [2.05, 4.69) is 27.0 Å². The van der Waals surface area contributed by atoms with Gasteiger partial charge in [0.1, 0.15) is 0 Å². The lowest BCUT2D eigenvalue weighted by Crippen LogP contribution is -2.46. The Morgan fingerprint density at radius 2 is 2.24 bits per heavy atom. The van der Waals surface area contributed by atoms with Crippen LogP contribution in [0.2, 0.25) is 0 Å². The van der Waals surface area contributed by atoms with Crippen LogP contribution >= 0.6 is 23.7 Å². The molecule has 21 heavy (non-hydrogen) atoms. The number of hydrogen-bond donors (Lipinski definition) is 2. The van der Waals surface area contributed by atoms with E-state index in [1.807, 2.05) is 0 Å². The number of hydrogen-bond acceptors (Lipinski definition) is 4. The summed E-state index contributed by atoms with van der Waals surface area (Å²) in [6.07, 6.45) is 3.30. The fourth-order valence-corrected chi connectivity index (χ4v) is 4.14. The largest absolute Gasteiger partial charge is 0.354 e. The Labute approximate surface area is 136 Å². The molecule has 0 aromatic carbocycles. The second-order valence-corrected chi connectivity index (χ2v) is 6.63. The van der Waals surface area contributed by atoms with Crippen molar-refractivity contribution in [2.45, 2.75) is 25.2 Å². The summed E-state index contributed by atoms with van der Waals surface area (Å²) >= 11 is 1.80. The monoisotopic (exact) mass is 329 g/mol. The molecule has 1 saturated heterocycles. The average Bonchev–Trinajstić information content (AvgIpc) is 2.96. The first-order chi connectivity index (χ1) is 9.84. The molecule has 118 valence electrons. The van der Waals surface area contributed by atoms with E-state index in [4.69, 9.17) is 0 Å². The third-order valence-electron chi connectivity index (χ3n) is 4.31. The van der Waals surface area contributed by atoms with Crippen molar-refractivity contribution in [3.8, 4) is 0 Å². The smallest absolute Gasteiger partial charge is 0.227 e. The Balaban J connectivity index is 0.00000161. The van der Waals surface area contributed by atoms with Crippen LogP contribution in [0.15, 0.2) is 11.4 Å². The number of fused-ring (bicyclic) bond motifs is 1. The van der Waals surface area contributed by atoms with Gasteiger partial charge in [0.25, 0.3) is 0 Å². The van der Waals surface area contributed by atoms with Gasteiger partial charge in [0.2, 0.25) is 5.91 Å². The van der Waals surface area contributed by atoms with Gasteiger partial charge in [-0.2, -0.15) is 0 Å². The molecule has 2 N–H and O–H groups in total. The van der Waals surface area contributed by atoms with E-state index in [9.17, 15) is 4.79 Å². The van der Waals surface area contributed by atoms with Crippen molar-refractivity contribution in [1.29, 1.82) is 0 Å². The van der Waals surface area contributed by atoms with Crippen molar-refractivity contribution >= 4 is 29.7 Å². The Morgan fingerprint density at radius 1 is 1.43 bits per heavy atom. The number of rotatable bonds is 4. The Hall–Kier alpha value is -0.620. The lowest BCUT2D eigenvalue weighted by Gasteiger charge is -2.27. The summed E-state index contributed by atoms with van der Waals surface area (Å²) in [5, 5.41) is 8.60. The summed E-state index contributed by atoms with van der Waals surface area (Å²) < 4.78 is 0. The van der Waals surface area contributed by atoms with Crippen molar-refractivity contribution in [2.75, 3.05) is 39.3 Å². The van der Waals surface area contributed by atoms with Crippen molar-refractivity contribution in [3.05, 3.63) is 21.9 Å². The zero-order valence-corrected chi connectivity index (χ0v) is 13.9. The molecule has 1 aliphatic heterocycles. The highest BCUT2D eigenvalue weighted by Crippen LogP contribution is 2.34. The van der Waals surface area contributed by atoms with Gasteiger partial charge in [-0.25, -0.2) is 0 Å². The van der Waals surface area contributed by atoms with Crippen LogP contribution in [0.5, 0.6) is 0 Å². The van der Waals surface area contributed by atoms with Gasteiger partial charge in [0.15, 0.2) is 0 Å². The van der Waals surface area contributed by atoms with Crippen molar-refractivity contribution in [1.82, 2.24) is 15.5 Å². The van der Waals surface area contributed by atoms with Gasteiger partial charge < -0.3 is 10.6 Å². The minimum Gasteiger partial charge on any atom is -0.354 e. The van der Waals surface area contributed by atoms with Crippen LogP contribution in [-0.2, 0) is 11.2 Å². The molecule has 1 fully saturated rings. The molecule has 4 nitrogen and oxygen atoms in total. The highest BCUT2D eigenvalue weighted by molar-refractivity contribution is 7.10. The Morgan fingerprint density at radius 3 is 3.05 bits per heavy atom. The van der Waals surface area contributed by atoms with Crippen LogP contribution in [0, 0.1) is 0 Å². The molecule has 2 heterocycles. The fraction of sp³-hybridized carbons (Fsp3) is 0.667. The molecule has 0 saturated carbocycles. The second-order valence-electron chi connectivity index (χ2n) is 5.63. The fourth-order valence-electron chi connectivity index (χ4n) is 3.15. The van der Waals surface area contributed by atoms with E-state index in [1.165, 1.54) is 10.4 Å². The molecule has 1 aliphatic carbocycles. The molecular formula is C15H24ClN3OS. The number of aryl methyl sites for hydroxylation is 1. The minimum atomic E-state index is 0. The number of amides is 1. The molecule has 0 spiro atoms. The molecule has 1 aromatic rings. The van der Waals surface area contributed by atoms with Gasteiger partial charge >= 0.3 is 0 Å². The van der Waals surface area contributed by atoms with Crippen LogP contribution in [0.1, 0.15) is 29.2 Å². The number of carbonyl (C=O) groups is 1. The summed E-state index contributed by atoms with van der Waals surface area (Å²) in [5.74, 6) is 0.313. The average molecular weight is 330 g/mol. The number of halogens is 1.